The number of nitrogens with one attached hydrogen (secondary N) is 1. The molecule has 0 bridgehead atoms. The molecule has 0 atom stereocenters. The van der Waals surface area contributed by atoms with Crippen LogP contribution >= 0.6 is 23.1 Å². The Morgan fingerprint density at radius 3 is 2.78 bits per heavy atom. The van der Waals surface area contributed by atoms with Gasteiger partial charge in [-0.15, -0.1) is 11.3 Å². The van der Waals surface area contributed by atoms with Crippen molar-refractivity contribution in [1.82, 2.24) is 9.55 Å². The van der Waals surface area contributed by atoms with Gasteiger partial charge in [-0.3, -0.25) is 14.2 Å². The Kier molecular flexibility index (Phi) is 6.77. The molecule has 2 aromatic heterocycles. The van der Waals surface area contributed by atoms with Crippen LogP contribution in [-0.2, 0) is 11.3 Å². The quantitative estimate of drug-likeness (QED) is 0.308. The highest BCUT2D eigenvalue weighted by molar-refractivity contribution is 7.99. The van der Waals surface area contributed by atoms with Crippen LogP contribution < -0.4 is 20.3 Å². The van der Waals surface area contributed by atoms with Gasteiger partial charge in [-0.05, 0) is 41.3 Å². The first kappa shape index (κ1) is 21.9. The lowest BCUT2D eigenvalue weighted by Gasteiger charge is -2.13. The summed E-state index contributed by atoms with van der Waals surface area (Å²) in [6, 6.07) is 16.6. The number of aromatic nitrogens is 2. The van der Waals surface area contributed by atoms with E-state index in [0.29, 0.717) is 39.1 Å². The minimum absolute atomic E-state index is 0.0955. The maximum absolute atomic E-state index is 13.2. The molecule has 9 heteroatoms. The Morgan fingerprint density at radius 2 is 1.97 bits per heavy atom. The highest BCUT2D eigenvalue weighted by atomic mass is 32.2. The molecule has 0 aliphatic carbocycles. The van der Waals surface area contributed by atoms with E-state index in [4.69, 9.17) is 9.47 Å². The van der Waals surface area contributed by atoms with Crippen molar-refractivity contribution in [3.05, 3.63) is 75.9 Å². The third kappa shape index (κ3) is 4.79. The fourth-order valence-corrected chi connectivity index (χ4v) is 4.77. The van der Waals surface area contributed by atoms with Crippen LogP contribution in [0.25, 0.3) is 10.2 Å². The number of hydrogen-bond donors (Lipinski definition) is 1. The molecule has 1 N–H and O–H groups in total. The van der Waals surface area contributed by atoms with Crippen LogP contribution in [0.4, 0.5) is 5.69 Å². The molecular formula is C23H21N3O4S2. The summed E-state index contributed by atoms with van der Waals surface area (Å²) in [7, 11) is 3.16. The monoisotopic (exact) mass is 467 g/mol. The summed E-state index contributed by atoms with van der Waals surface area (Å²) in [5.74, 6) is 1.18. The number of hydrogen-bond acceptors (Lipinski definition) is 7. The average molecular weight is 468 g/mol. The molecule has 0 aliphatic heterocycles. The van der Waals surface area contributed by atoms with E-state index < -0.39 is 0 Å². The van der Waals surface area contributed by atoms with E-state index in [1.165, 1.54) is 23.1 Å². The molecule has 4 aromatic rings. The van der Waals surface area contributed by atoms with Gasteiger partial charge in [0.2, 0.25) is 5.91 Å². The zero-order valence-electron chi connectivity index (χ0n) is 17.5. The average Bonchev–Trinajstić information content (AvgIpc) is 3.29. The maximum atomic E-state index is 13.2. The van der Waals surface area contributed by atoms with Crippen LogP contribution in [0.1, 0.15) is 5.56 Å². The van der Waals surface area contributed by atoms with Gasteiger partial charge in [0.05, 0.1) is 37.7 Å². The second-order valence-electron chi connectivity index (χ2n) is 6.81. The number of carbonyl (C=O) groups excluding carboxylic acids is 1. The first-order valence-electron chi connectivity index (χ1n) is 9.75. The highest BCUT2D eigenvalue weighted by Crippen LogP contribution is 2.25. The van der Waals surface area contributed by atoms with Crippen molar-refractivity contribution in [2.75, 3.05) is 25.3 Å². The third-order valence-corrected chi connectivity index (χ3v) is 6.59. The van der Waals surface area contributed by atoms with Crippen molar-refractivity contribution in [3.63, 3.8) is 0 Å². The summed E-state index contributed by atoms with van der Waals surface area (Å²) in [5, 5.41) is 5.18. The number of ether oxygens (including phenoxy) is 2. The molecule has 0 saturated heterocycles. The molecular weight excluding hydrogens is 446 g/mol. The molecule has 0 spiro atoms. The van der Waals surface area contributed by atoms with Gasteiger partial charge in [0.1, 0.15) is 16.2 Å². The zero-order valence-corrected chi connectivity index (χ0v) is 19.2. The van der Waals surface area contributed by atoms with Crippen LogP contribution in [-0.4, -0.2) is 35.4 Å². The molecule has 164 valence electrons. The minimum atomic E-state index is -0.216. The molecule has 0 unspecified atom stereocenters. The van der Waals surface area contributed by atoms with Gasteiger partial charge < -0.3 is 14.8 Å². The summed E-state index contributed by atoms with van der Waals surface area (Å²) in [6.07, 6.45) is 0. The molecule has 0 saturated carbocycles. The van der Waals surface area contributed by atoms with Crippen molar-refractivity contribution in [2.45, 2.75) is 11.7 Å². The van der Waals surface area contributed by atoms with E-state index >= 15 is 0 Å². The lowest BCUT2D eigenvalue weighted by atomic mass is 10.2. The number of methoxy groups -OCH3 is 2. The molecule has 4 rings (SSSR count). The van der Waals surface area contributed by atoms with Crippen molar-refractivity contribution >= 4 is 44.9 Å². The first-order valence-corrected chi connectivity index (χ1v) is 11.6. The van der Waals surface area contributed by atoms with Crippen LogP contribution in [0.5, 0.6) is 11.5 Å². The van der Waals surface area contributed by atoms with Gasteiger partial charge in [-0.2, -0.15) is 0 Å². The normalized spacial score (nSPS) is 10.8. The van der Waals surface area contributed by atoms with Gasteiger partial charge >= 0.3 is 0 Å². The number of nitrogens with zero attached hydrogens (tertiary/aromatic N) is 2. The van der Waals surface area contributed by atoms with Crippen molar-refractivity contribution in [1.29, 1.82) is 0 Å². The van der Waals surface area contributed by atoms with E-state index in [1.54, 1.807) is 30.9 Å². The molecule has 0 radical (unpaired) electrons. The fourth-order valence-electron chi connectivity index (χ4n) is 3.19. The van der Waals surface area contributed by atoms with Crippen molar-refractivity contribution in [3.8, 4) is 11.5 Å². The molecule has 2 aromatic carbocycles. The number of para-hydroxylation sites is 2. The number of amides is 1. The summed E-state index contributed by atoms with van der Waals surface area (Å²) >= 11 is 2.58. The number of rotatable bonds is 8. The van der Waals surface area contributed by atoms with Gasteiger partial charge in [0.15, 0.2) is 5.16 Å². The summed E-state index contributed by atoms with van der Waals surface area (Å²) in [6.45, 7) is 0.327. The molecule has 7 nitrogen and oxygen atoms in total. The predicted molar refractivity (Wildman–Crippen MR) is 128 cm³/mol. The Hall–Kier alpha value is -3.30. The standard InChI is InChI=1S/C23H21N3O4S2/c1-29-16-7-5-6-15(12-16)13-26-22(28)21-18(10-11-31-21)25-23(26)32-14-20(27)24-17-8-3-4-9-19(17)30-2/h3-12H,13-14H2,1-2H3,(H,24,27). The first-order chi connectivity index (χ1) is 15.6. The van der Waals surface area contributed by atoms with Crippen LogP contribution in [0.15, 0.2) is 69.9 Å². The lowest BCUT2D eigenvalue weighted by molar-refractivity contribution is -0.113. The Labute approximate surface area is 193 Å². The topological polar surface area (TPSA) is 82.4 Å². The van der Waals surface area contributed by atoms with Crippen molar-refractivity contribution in [2.24, 2.45) is 0 Å². The summed E-state index contributed by atoms with van der Waals surface area (Å²) in [5.41, 5.74) is 2.01. The van der Waals surface area contributed by atoms with E-state index in [0.717, 1.165) is 5.56 Å². The summed E-state index contributed by atoms with van der Waals surface area (Å²) in [4.78, 5) is 30.4. The molecule has 2 heterocycles. The number of thioether (sulfide) groups is 1. The Balaban J connectivity index is 1.59. The van der Waals surface area contributed by atoms with E-state index in [9.17, 15) is 9.59 Å². The predicted octanol–water partition coefficient (Wildman–Crippen LogP) is 4.25. The molecule has 32 heavy (non-hydrogen) atoms. The SMILES string of the molecule is COc1cccc(Cn2c(SCC(=O)Nc3ccccc3OC)nc3ccsc3c2=O)c1. The van der Waals surface area contributed by atoms with Gasteiger partial charge in [0, 0.05) is 0 Å². The van der Waals surface area contributed by atoms with Crippen LogP contribution in [0.2, 0.25) is 0 Å². The number of benzene rings is 2. The second kappa shape index (κ2) is 9.88. The van der Waals surface area contributed by atoms with Crippen molar-refractivity contribution < 1.29 is 14.3 Å². The van der Waals surface area contributed by atoms with Gasteiger partial charge in [-0.25, -0.2) is 4.98 Å². The second-order valence-corrected chi connectivity index (χ2v) is 8.67. The molecule has 1 amide bonds. The smallest absolute Gasteiger partial charge is 0.272 e. The van der Waals surface area contributed by atoms with E-state index in [2.05, 4.69) is 10.3 Å². The van der Waals surface area contributed by atoms with Gasteiger partial charge in [-0.1, -0.05) is 36.0 Å². The van der Waals surface area contributed by atoms with Crippen LogP contribution in [0.3, 0.4) is 0 Å². The fraction of sp³-hybridized carbons (Fsp3) is 0.174. The number of thiophene rings is 1. The zero-order chi connectivity index (χ0) is 22.5. The molecule has 0 fully saturated rings. The largest absolute Gasteiger partial charge is 0.497 e. The Morgan fingerprint density at radius 1 is 1.12 bits per heavy atom. The third-order valence-electron chi connectivity index (χ3n) is 4.72. The summed E-state index contributed by atoms with van der Waals surface area (Å²) < 4.78 is 12.8. The lowest BCUT2D eigenvalue weighted by Crippen LogP contribution is -2.24. The number of fused-ring (bicyclic) bond motifs is 1. The maximum Gasteiger partial charge on any atom is 0.272 e. The Bertz CT molecular complexity index is 1320. The number of carbonyl (C=O) groups is 1. The number of anilines is 1. The van der Waals surface area contributed by atoms with E-state index in [1.807, 2.05) is 47.8 Å². The minimum Gasteiger partial charge on any atom is -0.497 e. The van der Waals surface area contributed by atoms with E-state index in [-0.39, 0.29) is 17.2 Å². The van der Waals surface area contributed by atoms with Gasteiger partial charge in [0.25, 0.3) is 5.56 Å². The highest BCUT2D eigenvalue weighted by Gasteiger charge is 2.15. The molecule has 0 aliphatic rings. The van der Waals surface area contributed by atoms with Crippen LogP contribution in [0, 0.1) is 0 Å².